The van der Waals surface area contributed by atoms with Crippen LogP contribution in [0.15, 0.2) is 42.5 Å². The summed E-state index contributed by atoms with van der Waals surface area (Å²) in [5.41, 5.74) is 1.58. The number of halogens is 3. The van der Waals surface area contributed by atoms with Crippen molar-refractivity contribution in [1.82, 2.24) is 9.55 Å². The molecule has 0 saturated carbocycles. The summed E-state index contributed by atoms with van der Waals surface area (Å²) in [7, 11) is 0. The summed E-state index contributed by atoms with van der Waals surface area (Å²) < 4.78 is 28.4. The topological polar surface area (TPSA) is 17.8 Å². The zero-order valence-corrected chi connectivity index (χ0v) is 10.5. The van der Waals surface area contributed by atoms with Crippen LogP contribution >= 0.6 is 11.6 Å². The van der Waals surface area contributed by atoms with Gasteiger partial charge >= 0.3 is 0 Å². The van der Waals surface area contributed by atoms with E-state index in [4.69, 9.17) is 11.6 Å². The Bertz CT molecular complexity index is 735. The van der Waals surface area contributed by atoms with Crippen molar-refractivity contribution in [3.05, 3.63) is 59.9 Å². The van der Waals surface area contributed by atoms with Gasteiger partial charge in [-0.05, 0) is 36.4 Å². The molecule has 0 aliphatic rings. The van der Waals surface area contributed by atoms with Crippen molar-refractivity contribution in [2.75, 3.05) is 0 Å². The third-order valence-corrected chi connectivity index (χ3v) is 3.15. The molecule has 0 atom stereocenters. The Balaban J connectivity index is 2.32. The van der Waals surface area contributed by atoms with Crippen LogP contribution in [0.2, 0.25) is 0 Å². The number of hydrogen-bond donors (Lipinski definition) is 0. The van der Waals surface area contributed by atoms with Gasteiger partial charge in [0, 0.05) is 5.69 Å². The fourth-order valence-electron chi connectivity index (χ4n) is 2.08. The van der Waals surface area contributed by atoms with Crippen LogP contribution in [0.1, 0.15) is 5.82 Å². The zero-order chi connectivity index (χ0) is 13.4. The Hall–Kier alpha value is -1.94. The van der Waals surface area contributed by atoms with Gasteiger partial charge in [0.25, 0.3) is 0 Å². The largest absolute Gasteiger partial charge is 0.295 e. The Morgan fingerprint density at radius 2 is 1.79 bits per heavy atom. The van der Waals surface area contributed by atoms with Gasteiger partial charge in [0.05, 0.1) is 11.4 Å². The number of hydrogen-bond acceptors (Lipinski definition) is 1. The van der Waals surface area contributed by atoms with E-state index in [2.05, 4.69) is 4.98 Å². The van der Waals surface area contributed by atoms with Gasteiger partial charge in [0.2, 0.25) is 0 Å². The maximum atomic E-state index is 13.7. The van der Waals surface area contributed by atoms with Gasteiger partial charge in [0.15, 0.2) is 5.82 Å². The highest BCUT2D eigenvalue weighted by Gasteiger charge is 2.14. The molecule has 0 spiro atoms. The number of alkyl halides is 1. The van der Waals surface area contributed by atoms with Crippen LogP contribution in [0.5, 0.6) is 0 Å². The first-order chi connectivity index (χ1) is 9.20. The summed E-state index contributed by atoms with van der Waals surface area (Å²) >= 11 is 5.86. The summed E-state index contributed by atoms with van der Waals surface area (Å²) in [6.07, 6.45) is 0. The van der Waals surface area contributed by atoms with E-state index >= 15 is 0 Å². The molecular formula is C14H9ClF2N2. The predicted octanol–water partition coefficient (Wildman–Crippen LogP) is 4.04. The molecule has 2 aromatic carbocycles. The molecule has 0 N–H and O–H groups in total. The second-order valence-corrected chi connectivity index (χ2v) is 4.35. The molecule has 0 bridgehead atoms. The highest BCUT2D eigenvalue weighted by Crippen LogP contribution is 2.24. The maximum absolute atomic E-state index is 13.7. The van der Waals surface area contributed by atoms with E-state index < -0.39 is 5.82 Å². The lowest BCUT2D eigenvalue weighted by atomic mass is 10.2. The summed E-state index contributed by atoms with van der Waals surface area (Å²) in [5, 5.41) is 0. The van der Waals surface area contributed by atoms with Gasteiger partial charge in [-0.25, -0.2) is 13.8 Å². The highest BCUT2D eigenvalue weighted by atomic mass is 35.5. The number of rotatable bonds is 2. The Kier molecular flexibility index (Phi) is 2.95. The van der Waals surface area contributed by atoms with Crippen molar-refractivity contribution in [3.63, 3.8) is 0 Å². The minimum Gasteiger partial charge on any atom is -0.295 e. The molecule has 96 valence electrons. The molecule has 0 amide bonds. The third kappa shape index (κ3) is 1.98. The minimum atomic E-state index is -0.398. The summed E-state index contributed by atoms with van der Waals surface area (Å²) in [5.74, 6) is -0.0595. The van der Waals surface area contributed by atoms with E-state index in [1.807, 2.05) is 0 Å². The quantitative estimate of drug-likeness (QED) is 0.647. The van der Waals surface area contributed by atoms with E-state index in [0.29, 0.717) is 17.0 Å². The number of fused-ring (bicyclic) bond motifs is 1. The number of para-hydroxylation sites is 1. The average Bonchev–Trinajstić information content (AvgIpc) is 2.80. The molecule has 0 aliphatic heterocycles. The molecule has 2 nitrogen and oxygen atoms in total. The third-order valence-electron chi connectivity index (χ3n) is 2.91. The lowest BCUT2D eigenvalue weighted by Gasteiger charge is -2.07. The number of aromatic nitrogens is 2. The van der Waals surface area contributed by atoms with Crippen molar-refractivity contribution in [2.45, 2.75) is 5.88 Å². The first kappa shape index (κ1) is 12.1. The van der Waals surface area contributed by atoms with Crippen molar-refractivity contribution in [2.24, 2.45) is 0 Å². The normalized spacial score (nSPS) is 11.1. The van der Waals surface area contributed by atoms with Gasteiger partial charge in [-0.15, -0.1) is 11.6 Å². The van der Waals surface area contributed by atoms with Crippen LogP contribution in [0.4, 0.5) is 8.78 Å². The highest BCUT2D eigenvalue weighted by molar-refractivity contribution is 6.17. The molecule has 3 aromatic rings. The fourth-order valence-corrected chi connectivity index (χ4v) is 2.26. The predicted molar refractivity (Wildman–Crippen MR) is 70.5 cm³/mol. The summed E-state index contributed by atoms with van der Waals surface area (Å²) in [4.78, 5) is 4.19. The molecule has 0 radical (unpaired) electrons. The molecule has 3 rings (SSSR count). The summed E-state index contributed by atoms with van der Waals surface area (Å²) in [6.45, 7) is 0. The lowest BCUT2D eigenvalue weighted by Crippen LogP contribution is -1.99. The Labute approximate surface area is 113 Å². The standard InChI is InChI=1S/C14H9ClF2N2/c15-8-13-18-14-11(17)2-1-3-12(14)19(13)10-6-4-9(16)5-7-10/h1-7H,8H2. The Morgan fingerprint density at radius 3 is 2.47 bits per heavy atom. The number of imidazole rings is 1. The van der Waals surface area contributed by atoms with Crippen LogP contribution in [0.3, 0.4) is 0 Å². The van der Waals surface area contributed by atoms with Gasteiger partial charge in [-0.1, -0.05) is 6.07 Å². The molecular weight excluding hydrogens is 270 g/mol. The van der Waals surface area contributed by atoms with Crippen LogP contribution in [-0.2, 0) is 5.88 Å². The van der Waals surface area contributed by atoms with Gasteiger partial charge in [-0.3, -0.25) is 4.57 Å². The second kappa shape index (κ2) is 4.63. The van der Waals surface area contributed by atoms with E-state index in [0.717, 1.165) is 0 Å². The van der Waals surface area contributed by atoms with Crippen molar-refractivity contribution >= 4 is 22.6 Å². The zero-order valence-electron chi connectivity index (χ0n) is 9.78. The molecule has 0 aliphatic carbocycles. The fraction of sp³-hybridized carbons (Fsp3) is 0.0714. The molecule has 19 heavy (non-hydrogen) atoms. The molecule has 0 unspecified atom stereocenters. The number of nitrogens with zero attached hydrogens (tertiary/aromatic N) is 2. The molecule has 1 aromatic heterocycles. The van der Waals surface area contributed by atoms with Gasteiger partial charge < -0.3 is 0 Å². The van der Waals surface area contributed by atoms with Gasteiger partial charge in [0.1, 0.15) is 17.2 Å². The SMILES string of the molecule is Fc1ccc(-n2c(CCl)nc3c(F)cccc32)cc1. The second-order valence-electron chi connectivity index (χ2n) is 4.08. The van der Waals surface area contributed by atoms with E-state index in [-0.39, 0.29) is 17.2 Å². The van der Waals surface area contributed by atoms with Crippen molar-refractivity contribution < 1.29 is 8.78 Å². The first-order valence-electron chi connectivity index (χ1n) is 5.68. The monoisotopic (exact) mass is 278 g/mol. The first-order valence-corrected chi connectivity index (χ1v) is 6.22. The summed E-state index contributed by atoms with van der Waals surface area (Å²) in [6, 6.07) is 10.6. The van der Waals surface area contributed by atoms with E-state index in [9.17, 15) is 8.78 Å². The van der Waals surface area contributed by atoms with Crippen LogP contribution < -0.4 is 0 Å². The van der Waals surface area contributed by atoms with Crippen LogP contribution in [-0.4, -0.2) is 9.55 Å². The lowest BCUT2D eigenvalue weighted by molar-refractivity contribution is 0.627. The van der Waals surface area contributed by atoms with E-state index in [1.165, 1.54) is 18.2 Å². The molecule has 1 heterocycles. The average molecular weight is 279 g/mol. The smallest absolute Gasteiger partial charge is 0.151 e. The maximum Gasteiger partial charge on any atom is 0.151 e. The van der Waals surface area contributed by atoms with E-state index in [1.54, 1.807) is 28.8 Å². The molecule has 0 saturated heterocycles. The number of benzene rings is 2. The minimum absolute atomic E-state index is 0.144. The van der Waals surface area contributed by atoms with Crippen LogP contribution in [0, 0.1) is 11.6 Å². The molecule has 0 fully saturated rings. The molecule has 5 heteroatoms. The van der Waals surface area contributed by atoms with Crippen LogP contribution in [0.25, 0.3) is 16.7 Å². The van der Waals surface area contributed by atoms with Crippen molar-refractivity contribution in [3.8, 4) is 5.69 Å². The Morgan fingerprint density at radius 1 is 1.05 bits per heavy atom. The van der Waals surface area contributed by atoms with Gasteiger partial charge in [-0.2, -0.15) is 0 Å². The van der Waals surface area contributed by atoms with Crippen molar-refractivity contribution in [1.29, 1.82) is 0 Å².